The fraction of sp³-hybridized carbons (Fsp3) is 0.286. The molecule has 15 heavy (non-hydrogen) atoms. The van der Waals surface area contributed by atoms with Gasteiger partial charge in [-0.15, -0.1) is 0 Å². The molecule has 8 heteroatoms. The molecule has 0 aliphatic rings. The van der Waals surface area contributed by atoms with E-state index in [1.165, 1.54) is 6.92 Å². The Bertz CT molecular complexity index is 378. The Morgan fingerprint density at radius 1 is 1.47 bits per heavy atom. The number of carboxylic acids is 1. The Morgan fingerprint density at radius 2 is 2.00 bits per heavy atom. The Hall–Kier alpha value is -1.70. The molecule has 5 nitrogen and oxygen atoms in total. The number of aryl methyl sites for hydroxylation is 1. The summed E-state index contributed by atoms with van der Waals surface area (Å²) in [6.07, 6.45) is -4.00. The zero-order valence-electron chi connectivity index (χ0n) is 7.46. The number of aromatic nitrogens is 2. The van der Waals surface area contributed by atoms with Crippen molar-refractivity contribution < 1.29 is 28.5 Å². The van der Waals surface area contributed by atoms with Crippen molar-refractivity contribution in [3.63, 3.8) is 0 Å². The molecular weight excluding hydrogens is 217 g/mol. The molecule has 84 valence electrons. The molecule has 1 aromatic heterocycles. The number of nitrogens with zero attached hydrogens (tertiary/aromatic N) is 2. The molecule has 0 aliphatic carbocycles. The first kappa shape index (κ1) is 13.3. The molecule has 0 amide bonds. The second-order valence-corrected chi connectivity index (χ2v) is 2.50. The molecule has 0 saturated carbocycles. The van der Waals surface area contributed by atoms with Gasteiger partial charge in [0.2, 0.25) is 5.82 Å². The van der Waals surface area contributed by atoms with E-state index in [0.29, 0.717) is 6.20 Å². The van der Waals surface area contributed by atoms with Gasteiger partial charge in [0.15, 0.2) is 0 Å². The zero-order valence-corrected chi connectivity index (χ0v) is 7.46. The van der Waals surface area contributed by atoms with Crippen molar-refractivity contribution >= 4 is 5.97 Å². The summed E-state index contributed by atoms with van der Waals surface area (Å²) in [4.78, 5) is 16.4. The third kappa shape index (κ3) is 2.88. The molecule has 0 atom stereocenters. The van der Waals surface area contributed by atoms with Crippen LogP contribution in [0.1, 0.15) is 21.9 Å². The second-order valence-electron chi connectivity index (χ2n) is 2.50. The van der Waals surface area contributed by atoms with Crippen LogP contribution in [0.3, 0.4) is 0 Å². The highest BCUT2D eigenvalue weighted by atomic mass is 19.4. The monoisotopic (exact) mass is 224 g/mol. The second kappa shape index (κ2) is 4.22. The maximum Gasteiger partial charge on any atom is 0.451 e. The van der Waals surface area contributed by atoms with Gasteiger partial charge in [-0.2, -0.15) is 13.2 Å². The molecular formula is C7H7F3N2O3. The van der Waals surface area contributed by atoms with Gasteiger partial charge in [-0.3, -0.25) is 0 Å². The van der Waals surface area contributed by atoms with E-state index in [1.807, 2.05) is 0 Å². The summed E-state index contributed by atoms with van der Waals surface area (Å²) in [6.45, 7) is 1.18. The third-order valence-corrected chi connectivity index (χ3v) is 1.46. The Balaban J connectivity index is 0.00000196. The van der Waals surface area contributed by atoms with E-state index in [1.54, 1.807) is 0 Å². The van der Waals surface area contributed by atoms with Crippen LogP contribution in [0.4, 0.5) is 13.2 Å². The van der Waals surface area contributed by atoms with Crippen molar-refractivity contribution in [2.45, 2.75) is 13.1 Å². The summed E-state index contributed by atoms with van der Waals surface area (Å²) in [7, 11) is 0. The lowest BCUT2D eigenvalue weighted by molar-refractivity contribution is -0.145. The van der Waals surface area contributed by atoms with Gasteiger partial charge in [-0.1, -0.05) is 0 Å². The molecule has 0 saturated heterocycles. The van der Waals surface area contributed by atoms with Crippen LogP contribution in [0.15, 0.2) is 6.20 Å². The van der Waals surface area contributed by atoms with E-state index in [-0.39, 0.29) is 16.7 Å². The smallest absolute Gasteiger partial charge is 0.451 e. The van der Waals surface area contributed by atoms with E-state index in [4.69, 9.17) is 5.11 Å². The predicted octanol–water partition coefficient (Wildman–Crippen LogP) is 0.677. The van der Waals surface area contributed by atoms with Gasteiger partial charge in [-0.25, -0.2) is 14.8 Å². The van der Waals surface area contributed by atoms with Crippen molar-refractivity contribution in [1.29, 1.82) is 0 Å². The minimum absolute atomic E-state index is 0. The number of halogens is 3. The topological polar surface area (TPSA) is 94.6 Å². The first-order valence-electron chi connectivity index (χ1n) is 3.46. The van der Waals surface area contributed by atoms with Gasteiger partial charge < -0.3 is 10.6 Å². The lowest BCUT2D eigenvalue weighted by Gasteiger charge is -2.06. The van der Waals surface area contributed by atoms with Crippen LogP contribution in [-0.2, 0) is 6.18 Å². The van der Waals surface area contributed by atoms with E-state index in [0.717, 1.165) is 0 Å². The number of carboxylic acid groups (broad SMARTS) is 1. The van der Waals surface area contributed by atoms with E-state index >= 15 is 0 Å². The van der Waals surface area contributed by atoms with E-state index < -0.39 is 18.0 Å². The lowest BCUT2D eigenvalue weighted by atomic mass is 10.2. The number of hydrogen-bond acceptors (Lipinski definition) is 3. The molecule has 0 aliphatic heterocycles. The minimum atomic E-state index is -4.65. The fourth-order valence-electron chi connectivity index (χ4n) is 0.814. The molecule has 0 radical (unpaired) electrons. The minimum Gasteiger partial charge on any atom is -0.478 e. The summed E-state index contributed by atoms with van der Waals surface area (Å²) in [5.74, 6) is -2.68. The van der Waals surface area contributed by atoms with Crippen LogP contribution < -0.4 is 0 Å². The molecule has 0 bridgehead atoms. The lowest BCUT2D eigenvalue weighted by Crippen LogP contribution is -2.14. The number of carbonyl (C=O) groups is 1. The molecule has 0 aromatic carbocycles. The van der Waals surface area contributed by atoms with Gasteiger partial charge in [0.05, 0.1) is 11.3 Å². The highest BCUT2D eigenvalue weighted by Gasteiger charge is 2.35. The van der Waals surface area contributed by atoms with Crippen molar-refractivity contribution in [2.24, 2.45) is 0 Å². The van der Waals surface area contributed by atoms with Gasteiger partial charge in [0, 0.05) is 6.20 Å². The van der Waals surface area contributed by atoms with E-state index in [2.05, 4.69) is 9.97 Å². The Labute approximate surface area is 81.9 Å². The quantitative estimate of drug-likeness (QED) is 0.758. The van der Waals surface area contributed by atoms with Gasteiger partial charge in [0.1, 0.15) is 0 Å². The van der Waals surface area contributed by atoms with Crippen LogP contribution in [0.25, 0.3) is 0 Å². The molecule has 0 spiro atoms. The highest BCUT2D eigenvalue weighted by Crippen LogP contribution is 2.26. The van der Waals surface area contributed by atoms with Crippen molar-refractivity contribution in [3.8, 4) is 0 Å². The molecule has 1 rings (SSSR count). The molecule has 0 unspecified atom stereocenters. The number of alkyl halides is 3. The SMILES string of the molecule is Cc1nc(C(F)(F)F)ncc1C(=O)O.O. The van der Waals surface area contributed by atoms with Crippen LogP contribution in [0.5, 0.6) is 0 Å². The summed E-state index contributed by atoms with van der Waals surface area (Å²) >= 11 is 0. The zero-order chi connectivity index (χ0) is 10.9. The van der Waals surface area contributed by atoms with Crippen molar-refractivity contribution in [1.82, 2.24) is 9.97 Å². The van der Waals surface area contributed by atoms with Crippen LogP contribution >= 0.6 is 0 Å². The average molecular weight is 224 g/mol. The Morgan fingerprint density at radius 3 is 2.33 bits per heavy atom. The van der Waals surface area contributed by atoms with E-state index in [9.17, 15) is 18.0 Å². The van der Waals surface area contributed by atoms with Crippen LogP contribution in [0.2, 0.25) is 0 Å². The maximum atomic E-state index is 12.0. The summed E-state index contributed by atoms with van der Waals surface area (Å²) < 4.78 is 36.1. The first-order valence-corrected chi connectivity index (χ1v) is 3.46. The molecule has 0 fully saturated rings. The molecule has 1 heterocycles. The summed E-state index contributed by atoms with van der Waals surface area (Å²) in [6, 6.07) is 0. The first-order chi connectivity index (χ1) is 6.32. The number of rotatable bonds is 1. The molecule has 3 N–H and O–H groups in total. The third-order valence-electron chi connectivity index (χ3n) is 1.46. The van der Waals surface area contributed by atoms with Crippen molar-refractivity contribution in [2.75, 3.05) is 0 Å². The van der Waals surface area contributed by atoms with Crippen LogP contribution in [-0.4, -0.2) is 26.5 Å². The Kier molecular flexibility index (Phi) is 3.74. The average Bonchev–Trinajstić information content (AvgIpc) is 2.01. The van der Waals surface area contributed by atoms with Crippen LogP contribution in [0, 0.1) is 6.92 Å². The summed E-state index contributed by atoms with van der Waals surface area (Å²) in [5, 5.41) is 8.50. The normalized spacial score (nSPS) is 10.7. The highest BCUT2D eigenvalue weighted by molar-refractivity contribution is 5.88. The number of aromatic carboxylic acids is 1. The van der Waals surface area contributed by atoms with Gasteiger partial charge in [-0.05, 0) is 6.92 Å². The maximum absolute atomic E-state index is 12.0. The fourth-order valence-corrected chi connectivity index (χ4v) is 0.814. The molecule has 1 aromatic rings. The standard InChI is InChI=1S/C7H5F3N2O2.H2O/c1-3-4(5(13)14)2-11-6(12-3)7(8,9)10;/h2H,1H3,(H,13,14);1H2. The van der Waals surface area contributed by atoms with Gasteiger partial charge >= 0.3 is 12.1 Å². The van der Waals surface area contributed by atoms with Crippen molar-refractivity contribution in [3.05, 3.63) is 23.3 Å². The largest absolute Gasteiger partial charge is 0.478 e. The predicted molar refractivity (Wildman–Crippen MR) is 42.3 cm³/mol. The number of hydrogen-bond donors (Lipinski definition) is 1. The summed E-state index contributed by atoms with van der Waals surface area (Å²) in [5.41, 5.74) is -0.544. The van der Waals surface area contributed by atoms with Gasteiger partial charge in [0.25, 0.3) is 0 Å².